The van der Waals surface area contributed by atoms with Gasteiger partial charge in [0.25, 0.3) is 0 Å². The highest BCUT2D eigenvalue weighted by Gasteiger charge is 2.24. The molecule has 0 amide bonds. The maximum atomic E-state index is 12.5. The van der Waals surface area contributed by atoms with Crippen LogP contribution in [0.2, 0.25) is 0 Å². The Kier molecular flexibility index (Phi) is 6.44. The van der Waals surface area contributed by atoms with Crippen LogP contribution < -0.4 is 0 Å². The maximum Gasteiger partial charge on any atom is 0.317 e. The first-order valence-corrected chi connectivity index (χ1v) is 7.55. The number of esters is 1. The number of carbonyl (C=O) groups is 1. The Morgan fingerprint density at radius 3 is 1.91 bits per heavy atom. The van der Waals surface area contributed by atoms with E-state index in [2.05, 4.69) is 0 Å². The van der Waals surface area contributed by atoms with Crippen molar-refractivity contribution in [3.05, 3.63) is 71.8 Å². The number of hydrogen-bond donors (Lipinski definition) is 0. The quantitative estimate of drug-likeness (QED) is 0.578. The fraction of sp³-hybridized carbons (Fsp3) is 0.278. The van der Waals surface area contributed by atoms with Crippen molar-refractivity contribution in [2.24, 2.45) is 0 Å². The van der Waals surface area contributed by atoms with Crippen molar-refractivity contribution < 1.29 is 14.3 Å². The van der Waals surface area contributed by atoms with E-state index in [9.17, 15) is 4.79 Å². The molecule has 1 atom stereocenters. The van der Waals surface area contributed by atoms with E-state index < -0.39 is 5.92 Å². The van der Waals surface area contributed by atoms with Gasteiger partial charge in [-0.25, -0.2) is 0 Å². The zero-order valence-electron chi connectivity index (χ0n) is 12.4. The minimum absolute atomic E-state index is 0.129. The van der Waals surface area contributed by atoms with Gasteiger partial charge in [0.1, 0.15) is 12.5 Å². The van der Waals surface area contributed by atoms with Crippen LogP contribution in [0.3, 0.4) is 0 Å². The molecule has 0 fully saturated rings. The van der Waals surface area contributed by atoms with Crippen LogP contribution in [0.1, 0.15) is 17.0 Å². The summed E-state index contributed by atoms with van der Waals surface area (Å²) >= 11 is 6.02. The van der Waals surface area contributed by atoms with Crippen LogP contribution in [0, 0.1) is 0 Å². The number of halogens is 1. The summed E-state index contributed by atoms with van der Waals surface area (Å²) in [5, 5.41) is -0.346. The zero-order valence-corrected chi connectivity index (χ0v) is 13.2. The third kappa shape index (κ3) is 4.58. The number of hydrogen-bond acceptors (Lipinski definition) is 3. The molecule has 2 rings (SSSR count). The van der Waals surface area contributed by atoms with Crippen LogP contribution in [0.4, 0.5) is 0 Å². The third-order valence-corrected chi connectivity index (χ3v) is 3.51. The van der Waals surface area contributed by atoms with Gasteiger partial charge in [-0.3, -0.25) is 4.79 Å². The maximum absolute atomic E-state index is 12.5. The average Bonchev–Trinajstić information content (AvgIpc) is 2.55. The lowest BCUT2D eigenvalue weighted by molar-refractivity contribution is -0.144. The topological polar surface area (TPSA) is 35.5 Å². The van der Waals surface area contributed by atoms with Crippen LogP contribution in [0.5, 0.6) is 0 Å². The summed E-state index contributed by atoms with van der Waals surface area (Å²) in [7, 11) is 1.56. The fourth-order valence-corrected chi connectivity index (χ4v) is 2.43. The third-order valence-electron chi connectivity index (χ3n) is 3.26. The van der Waals surface area contributed by atoms with Crippen molar-refractivity contribution in [3.63, 3.8) is 0 Å². The van der Waals surface area contributed by atoms with E-state index in [4.69, 9.17) is 21.1 Å². The monoisotopic (exact) mass is 318 g/mol. The van der Waals surface area contributed by atoms with Crippen LogP contribution in [0.25, 0.3) is 0 Å². The van der Waals surface area contributed by atoms with Gasteiger partial charge in [0, 0.05) is 7.11 Å². The lowest BCUT2D eigenvalue weighted by Gasteiger charge is -2.18. The summed E-state index contributed by atoms with van der Waals surface area (Å²) in [5.74, 6) is -0.757. The molecular weight excluding hydrogens is 300 g/mol. The number of benzene rings is 2. The van der Waals surface area contributed by atoms with Gasteiger partial charge in [-0.15, -0.1) is 11.6 Å². The molecule has 0 bridgehead atoms. The van der Waals surface area contributed by atoms with Crippen molar-refractivity contribution >= 4 is 17.6 Å². The predicted molar refractivity (Wildman–Crippen MR) is 87.2 cm³/mol. The highest BCUT2D eigenvalue weighted by atomic mass is 35.5. The van der Waals surface area contributed by atoms with E-state index in [0.29, 0.717) is 6.61 Å². The molecule has 0 unspecified atom stereocenters. The van der Waals surface area contributed by atoms with Gasteiger partial charge >= 0.3 is 5.97 Å². The Hall–Kier alpha value is -1.84. The number of carbonyl (C=O) groups excluding carboxylic acids is 1. The van der Waals surface area contributed by atoms with Crippen molar-refractivity contribution in [2.45, 2.75) is 11.3 Å². The summed E-state index contributed by atoms with van der Waals surface area (Å²) in [6, 6.07) is 19.2. The molecule has 2 aromatic carbocycles. The second-order valence-corrected chi connectivity index (χ2v) is 5.55. The first-order chi connectivity index (χ1) is 10.7. The molecule has 0 saturated carbocycles. The van der Waals surface area contributed by atoms with Gasteiger partial charge in [0.05, 0.1) is 12.0 Å². The van der Waals surface area contributed by atoms with E-state index in [1.54, 1.807) is 7.11 Å². The zero-order chi connectivity index (χ0) is 15.8. The van der Waals surface area contributed by atoms with Gasteiger partial charge in [-0.2, -0.15) is 0 Å². The lowest BCUT2D eigenvalue weighted by atomic mass is 9.91. The van der Waals surface area contributed by atoms with Crippen LogP contribution in [-0.2, 0) is 14.3 Å². The Morgan fingerprint density at radius 2 is 1.45 bits per heavy atom. The highest BCUT2D eigenvalue weighted by Crippen LogP contribution is 2.26. The first kappa shape index (κ1) is 16.5. The fourth-order valence-electron chi connectivity index (χ4n) is 2.24. The smallest absolute Gasteiger partial charge is 0.317 e. The van der Waals surface area contributed by atoms with Crippen molar-refractivity contribution in [3.8, 4) is 0 Å². The molecule has 22 heavy (non-hydrogen) atoms. The lowest BCUT2D eigenvalue weighted by Crippen LogP contribution is -2.23. The first-order valence-electron chi connectivity index (χ1n) is 7.12. The standard InChI is InChI=1S/C18H19ClO3/c1-21-12-16(19)13-22-18(20)17(14-8-4-2-5-9-14)15-10-6-3-7-11-15/h2-11,16-17H,12-13H2,1H3/t16-/m1/s1. The molecule has 0 radical (unpaired) electrons. The summed E-state index contributed by atoms with van der Waals surface area (Å²) in [4.78, 5) is 12.5. The largest absolute Gasteiger partial charge is 0.463 e. The molecular formula is C18H19ClO3. The van der Waals surface area contributed by atoms with E-state index in [1.165, 1.54) is 0 Å². The van der Waals surface area contributed by atoms with E-state index >= 15 is 0 Å². The molecule has 116 valence electrons. The second-order valence-electron chi connectivity index (χ2n) is 4.94. The average molecular weight is 319 g/mol. The SMILES string of the molecule is COC[C@@H](Cl)COC(=O)C(c1ccccc1)c1ccccc1. The van der Waals surface area contributed by atoms with E-state index in [1.807, 2.05) is 60.7 Å². The molecule has 2 aromatic rings. The Balaban J connectivity index is 2.17. The summed E-state index contributed by atoms with van der Waals surface area (Å²) < 4.78 is 10.3. The van der Waals surface area contributed by atoms with Gasteiger partial charge < -0.3 is 9.47 Å². The molecule has 0 aliphatic rings. The molecule has 0 saturated heterocycles. The van der Waals surface area contributed by atoms with Gasteiger partial charge in [0.2, 0.25) is 0 Å². The number of ether oxygens (including phenoxy) is 2. The highest BCUT2D eigenvalue weighted by molar-refractivity contribution is 6.20. The summed E-state index contributed by atoms with van der Waals surface area (Å²) in [6.45, 7) is 0.473. The van der Waals surface area contributed by atoms with Crippen molar-refractivity contribution in [1.82, 2.24) is 0 Å². The van der Waals surface area contributed by atoms with Crippen LogP contribution in [0.15, 0.2) is 60.7 Å². The van der Waals surface area contributed by atoms with E-state index in [-0.39, 0.29) is 18.0 Å². The number of methoxy groups -OCH3 is 1. The molecule has 4 heteroatoms. The van der Waals surface area contributed by atoms with Crippen molar-refractivity contribution in [1.29, 1.82) is 0 Å². The Morgan fingerprint density at radius 1 is 0.955 bits per heavy atom. The van der Waals surface area contributed by atoms with Gasteiger partial charge in [-0.1, -0.05) is 60.7 Å². The molecule has 0 aromatic heterocycles. The predicted octanol–water partition coefficient (Wildman–Crippen LogP) is 3.62. The molecule has 3 nitrogen and oxygen atoms in total. The van der Waals surface area contributed by atoms with Gasteiger partial charge in [0.15, 0.2) is 0 Å². The molecule has 0 aliphatic heterocycles. The Labute approximate surface area is 135 Å². The molecule has 0 spiro atoms. The Bertz CT molecular complexity index is 532. The molecule has 0 heterocycles. The summed E-state index contributed by atoms with van der Waals surface area (Å²) in [6.07, 6.45) is 0. The van der Waals surface area contributed by atoms with Gasteiger partial charge in [-0.05, 0) is 11.1 Å². The molecule has 0 N–H and O–H groups in total. The normalized spacial score (nSPS) is 12.1. The second kappa shape index (κ2) is 8.57. The van der Waals surface area contributed by atoms with Crippen molar-refractivity contribution in [2.75, 3.05) is 20.3 Å². The minimum Gasteiger partial charge on any atom is -0.463 e. The van der Waals surface area contributed by atoms with Crippen LogP contribution >= 0.6 is 11.6 Å². The molecule has 0 aliphatic carbocycles. The van der Waals surface area contributed by atoms with Crippen LogP contribution in [-0.4, -0.2) is 31.7 Å². The van der Waals surface area contributed by atoms with E-state index in [0.717, 1.165) is 11.1 Å². The number of rotatable bonds is 7. The minimum atomic E-state index is -0.450. The number of alkyl halides is 1. The summed E-state index contributed by atoms with van der Waals surface area (Å²) in [5.41, 5.74) is 1.80.